The molecule has 6 rings (SSSR count). The van der Waals surface area contributed by atoms with Gasteiger partial charge in [-0.2, -0.15) is 0 Å². The average Bonchev–Trinajstić information content (AvgIpc) is 3.39. The minimum atomic E-state index is -0.858. The van der Waals surface area contributed by atoms with Crippen LogP contribution in [0.25, 0.3) is 0 Å². The summed E-state index contributed by atoms with van der Waals surface area (Å²) < 4.78 is 6.33. The van der Waals surface area contributed by atoms with Crippen LogP contribution in [0.3, 0.4) is 0 Å². The van der Waals surface area contributed by atoms with E-state index in [1.807, 2.05) is 6.07 Å². The summed E-state index contributed by atoms with van der Waals surface area (Å²) in [6.07, 6.45) is 5.24. The first-order valence-corrected chi connectivity index (χ1v) is 10.2. The number of benzene rings is 1. The summed E-state index contributed by atoms with van der Waals surface area (Å²) >= 11 is 0. The van der Waals surface area contributed by atoms with Crippen molar-refractivity contribution in [3.63, 3.8) is 0 Å². The van der Waals surface area contributed by atoms with Crippen LogP contribution in [0.15, 0.2) is 17.3 Å². The SMILES string of the molecule is CON=C1CCC2(O)C3Cc4ccc(O)c5c4C2(CCN3CC2CC2)[C@H]1O5. The van der Waals surface area contributed by atoms with E-state index in [9.17, 15) is 10.2 Å². The van der Waals surface area contributed by atoms with Gasteiger partial charge in [-0.1, -0.05) is 11.2 Å². The molecule has 2 heterocycles. The van der Waals surface area contributed by atoms with Crippen molar-refractivity contribution < 1.29 is 19.8 Å². The number of phenolic OH excluding ortho intramolecular Hbond substituents is 1. The Kier molecular flexibility index (Phi) is 3.10. The van der Waals surface area contributed by atoms with Crippen LogP contribution >= 0.6 is 0 Å². The van der Waals surface area contributed by atoms with E-state index in [4.69, 9.17) is 9.57 Å². The van der Waals surface area contributed by atoms with Gasteiger partial charge >= 0.3 is 0 Å². The fraction of sp³-hybridized carbons (Fsp3) is 0.667. The second-order valence-electron chi connectivity index (χ2n) is 9.01. The number of likely N-dealkylation sites (tertiary alicyclic amines) is 1. The lowest BCUT2D eigenvalue weighted by molar-refractivity contribution is -0.167. The number of phenols is 1. The number of hydrogen-bond acceptors (Lipinski definition) is 6. The molecule has 3 unspecified atom stereocenters. The minimum absolute atomic E-state index is 0.102. The van der Waals surface area contributed by atoms with Gasteiger partial charge < -0.3 is 19.8 Å². The molecule has 2 saturated carbocycles. The number of aromatic hydroxyl groups is 1. The molecule has 1 saturated heterocycles. The molecule has 5 aliphatic rings. The van der Waals surface area contributed by atoms with Gasteiger partial charge in [0.15, 0.2) is 17.6 Å². The smallest absolute Gasteiger partial charge is 0.166 e. The third kappa shape index (κ3) is 1.86. The normalized spacial score (nSPS) is 40.6. The third-order valence-corrected chi connectivity index (χ3v) is 7.79. The number of nitrogens with zero attached hydrogens (tertiary/aromatic N) is 2. The van der Waals surface area contributed by atoms with Crippen molar-refractivity contribution in [3.05, 3.63) is 23.3 Å². The Morgan fingerprint density at radius 1 is 1.33 bits per heavy atom. The van der Waals surface area contributed by atoms with E-state index in [0.717, 1.165) is 43.1 Å². The summed E-state index contributed by atoms with van der Waals surface area (Å²) in [7, 11) is 1.55. The number of oxime groups is 1. The molecule has 2 N–H and O–H groups in total. The number of hydrogen-bond donors (Lipinski definition) is 2. The van der Waals surface area contributed by atoms with Gasteiger partial charge in [0.25, 0.3) is 0 Å². The van der Waals surface area contributed by atoms with Gasteiger partial charge in [-0.25, -0.2) is 0 Å². The summed E-state index contributed by atoms with van der Waals surface area (Å²) in [5, 5.41) is 27.0. The van der Waals surface area contributed by atoms with Crippen molar-refractivity contribution >= 4 is 5.71 Å². The molecule has 1 aromatic carbocycles. The monoisotopic (exact) mass is 370 g/mol. The zero-order valence-corrected chi connectivity index (χ0v) is 15.6. The van der Waals surface area contributed by atoms with Crippen molar-refractivity contribution in [2.75, 3.05) is 20.2 Å². The molecule has 2 bridgehead atoms. The second-order valence-corrected chi connectivity index (χ2v) is 9.01. The average molecular weight is 370 g/mol. The minimum Gasteiger partial charge on any atom is -0.504 e. The summed E-state index contributed by atoms with van der Waals surface area (Å²) in [6.45, 7) is 2.05. The molecule has 3 fully saturated rings. The Hall–Kier alpha value is -1.79. The maximum Gasteiger partial charge on any atom is 0.166 e. The topological polar surface area (TPSA) is 74.5 Å². The number of piperidine rings is 1. The molecule has 0 amide bonds. The molecule has 6 heteroatoms. The zero-order valence-electron chi connectivity index (χ0n) is 15.6. The molecule has 0 radical (unpaired) electrons. The summed E-state index contributed by atoms with van der Waals surface area (Å²) in [5.41, 5.74) is 1.69. The highest BCUT2D eigenvalue weighted by Crippen LogP contribution is 2.65. The third-order valence-electron chi connectivity index (χ3n) is 7.79. The van der Waals surface area contributed by atoms with E-state index in [-0.39, 0.29) is 17.9 Å². The van der Waals surface area contributed by atoms with Crippen LogP contribution < -0.4 is 4.74 Å². The zero-order chi connectivity index (χ0) is 18.4. The van der Waals surface area contributed by atoms with E-state index in [2.05, 4.69) is 10.1 Å². The molecule has 3 aliphatic carbocycles. The standard InChI is InChI=1S/C21H26N2O4/c1-26-22-14-6-7-21(25)16-10-13-4-5-15(24)18-17(13)20(21,19(14)27-18)8-9-23(16)11-12-2-3-12/h4-5,12,16,19,24-25H,2-3,6-11H2,1H3/t16?,19-,20?,21?/m0/s1. The van der Waals surface area contributed by atoms with E-state index in [1.54, 1.807) is 13.2 Å². The van der Waals surface area contributed by atoms with Crippen molar-refractivity contribution in [1.29, 1.82) is 0 Å². The van der Waals surface area contributed by atoms with E-state index >= 15 is 0 Å². The van der Waals surface area contributed by atoms with Crippen molar-refractivity contribution in [2.24, 2.45) is 11.1 Å². The maximum atomic E-state index is 12.2. The Morgan fingerprint density at radius 3 is 2.96 bits per heavy atom. The second kappa shape index (κ2) is 5.17. The Labute approximate surface area is 158 Å². The number of aliphatic hydroxyl groups is 1. The highest BCUT2D eigenvalue weighted by Gasteiger charge is 2.72. The molecule has 0 aromatic heterocycles. The molecule has 1 spiro atoms. The largest absolute Gasteiger partial charge is 0.504 e. The lowest BCUT2D eigenvalue weighted by Crippen LogP contribution is -2.76. The Bertz CT molecular complexity index is 851. The molecular weight excluding hydrogens is 344 g/mol. The maximum absolute atomic E-state index is 12.2. The van der Waals surface area contributed by atoms with Crippen LogP contribution in [0, 0.1) is 5.92 Å². The molecule has 2 aliphatic heterocycles. The summed E-state index contributed by atoms with van der Waals surface area (Å²) in [4.78, 5) is 7.64. The molecule has 27 heavy (non-hydrogen) atoms. The first-order chi connectivity index (χ1) is 13.1. The van der Waals surface area contributed by atoms with Crippen molar-refractivity contribution in [2.45, 2.75) is 61.7 Å². The van der Waals surface area contributed by atoms with Crippen LogP contribution in [0.4, 0.5) is 0 Å². The van der Waals surface area contributed by atoms with Crippen LogP contribution in [-0.2, 0) is 16.7 Å². The number of rotatable bonds is 3. The molecule has 6 nitrogen and oxygen atoms in total. The number of ether oxygens (including phenoxy) is 1. The Balaban J connectivity index is 1.56. The fourth-order valence-corrected chi connectivity index (χ4v) is 6.49. The van der Waals surface area contributed by atoms with E-state index < -0.39 is 11.0 Å². The quantitative estimate of drug-likeness (QED) is 0.796. The van der Waals surface area contributed by atoms with E-state index in [0.29, 0.717) is 18.6 Å². The van der Waals surface area contributed by atoms with Gasteiger partial charge in [0.1, 0.15) is 7.11 Å². The molecular formula is C21H26N2O4. The molecule has 4 atom stereocenters. The van der Waals surface area contributed by atoms with Gasteiger partial charge in [-0.05, 0) is 62.6 Å². The lowest BCUT2D eigenvalue weighted by Gasteiger charge is -2.63. The highest BCUT2D eigenvalue weighted by molar-refractivity contribution is 5.94. The lowest BCUT2D eigenvalue weighted by atomic mass is 9.49. The van der Waals surface area contributed by atoms with Gasteiger partial charge in [0.2, 0.25) is 0 Å². The van der Waals surface area contributed by atoms with Crippen molar-refractivity contribution in [1.82, 2.24) is 4.90 Å². The van der Waals surface area contributed by atoms with Gasteiger partial charge in [-0.15, -0.1) is 0 Å². The van der Waals surface area contributed by atoms with Crippen LogP contribution in [0.2, 0.25) is 0 Å². The van der Waals surface area contributed by atoms with Gasteiger partial charge in [-0.3, -0.25) is 4.90 Å². The van der Waals surface area contributed by atoms with Crippen LogP contribution in [0.5, 0.6) is 11.5 Å². The highest BCUT2D eigenvalue weighted by atomic mass is 16.6. The van der Waals surface area contributed by atoms with Crippen LogP contribution in [-0.4, -0.2) is 58.8 Å². The summed E-state index contributed by atoms with van der Waals surface area (Å²) in [5.74, 6) is 1.51. The fourth-order valence-electron chi connectivity index (χ4n) is 6.49. The predicted octanol–water partition coefficient (Wildman–Crippen LogP) is 1.96. The van der Waals surface area contributed by atoms with Crippen molar-refractivity contribution in [3.8, 4) is 11.5 Å². The molecule has 144 valence electrons. The Morgan fingerprint density at radius 2 is 2.19 bits per heavy atom. The van der Waals surface area contributed by atoms with Gasteiger partial charge in [0.05, 0.1) is 16.7 Å². The molecule has 1 aromatic rings. The van der Waals surface area contributed by atoms with Gasteiger partial charge in [0, 0.05) is 18.2 Å². The first-order valence-electron chi connectivity index (χ1n) is 10.2. The van der Waals surface area contributed by atoms with E-state index in [1.165, 1.54) is 18.4 Å². The van der Waals surface area contributed by atoms with Crippen LogP contribution in [0.1, 0.15) is 43.2 Å². The first kappa shape index (κ1) is 16.2. The predicted molar refractivity (Wildman–Crippen MR) is 99.2 cm³/mol. The summed E-state index contributed by atoms with van der Waals surface area (Å²) in [6, 6.07) is 3.86.